The molecule has 2 heterocycles. The van der Waals surface area contributed by atoms with Crippen molar-refractivity contribution in [2.45, 2.75) is 6.54 Å². The monoisotopic (exact) mass is 414 g/mol. The molecule has 0 bridgehead atoms. The molecule has 0 unspecified atom stereocenters. The summed E-state index contributed by atoms with van der Waals surface area (Å²) in [7, 11) is 3.11. The molecule has 3 aromatic rings. The lowest BCUT2D eigenvalue weighted by molar-refractivity contribution is 0.244. The molecule has 0 spiro atoms. The van der Waals surface area contributed by atoms with Crippen LogP contribution in [-0.4, -0.2) is 55.3 Å². The van der Waals surface area contributed by atoms with Gasteiger partial charge in [0.1, 0.15) is 5.82 Å². The highest BCUT2D eigenvalue weighted by Crippen LogP contribution is 2.30. The van der Waals surface area contributed by atoms with E-state index in [1.165, 1.54) is 0 Å². The molecule has 4 rings (SSSR count). The number of aromatic nitrogens is 2. The van der Waals surface area contributed by atoms with Gasteiger partial charge in [-0.3, -0.25) is 9.69 Å². The number of hydrogen-bond donors (Lipinski definition) is 1. The number of nitrogens with zero attached hydrogens (tertiary/aromatic N) is 3. The third-order valence-electron chi connectivity index (χ3n) is 5.20. The van der Waals surface area contributed by atoms with Crippen molar-refractivity contribution in [3.63, 3.8) is 0 Å². The average Bonchev–Trinajstić information content (AvgIpc) is 2.74. The summed E-state index contributed by atoms with van der Waals surface area (Å²) in [6.07, 6.45) is 0. The van der Waals surface area contributed by atoms with E-state index in [0.717, 1.165) is 36.9 Å². The molecule has 1 aromatic heterocycles. The molecule has 1 saturated heterocycles. The number of ether oxygens (including phenoxy) is 2. The fraction of sp³-hybridized carbons (Fsp3) is 0.333. The Morgan fingerprint density at radius 3 is 2.45 bits per heavy atom. The van der Waals surface area contributed by atoms with Crippen molar-refractivity contribution in [1.29, 1.82) is 0 Å². The predicted octanol–water partition coefficient (Wildman–Crippen LogP) is 2.92. The highest BCUT2D eigenvalue weighted by molar-refractivity contribution is 6.33. The summed E-state index contributed by atoms with van der Waals surface area (Å²) in [6, 6.07) is 11.3. The van der Waals surface area contributed by atoms with Gasteiger partial charge < -0.3 is 19.4 Å². The molecule has 29 heavy (non-hydrogen) atoms. The van der Waals surface area contributed by atoms with Gasteiger partial charge in [0, 0.05) is 32.2 Å². The lowest BCUT2D eigenvalue weighted by Crippen LogP contribution is -2.46. The van der Waals surface area contributed by atoms with Crippen molar-refractivity contribution in [2.24, 2.45) is 0 Å². The number of nitrogens with one attached hydrogen (secondary N) is 1. The maximum Gasteiger partial charge on any atom is 0.258 e. The zero-order chi connectivity index (χ0) is 20.4. The average molecular weight is 415 g/mol. The minimum atomic E-state index is -0.180. The van der Waals surface area contributed by atoms with Crippen LogP contribution < -0.4 is 19.9 Å². The second-order valence-corrected chi connectivity index (χ2v) is 7.36. The number of anilines is 1. The number of hydrogen-bond acceptors (Lipinski definition) is 6. The number of methoxy groups -OCH3 is 2. The van der Waals surface area contributed by atoms with Gasteiger partial charge in [-0.2, -0.15) is 0 Å². The van der Waals surface area contributed by atoms with Crippen LogP contribution >= 0.6 is 11.6 Å². The van der Waals surface area contributed by atoms with Gasteiger partial charge in [0.05, 0.1) is 42.4 Å². The highest BCUT2D eigenvalue weighted by Gasteiger charge is 2.20. The zero-order valence-electron chi connectivity index (χ0n) is 16.4. The lowest BCUT2D eigenvalue weighted by atomic mass is 10.2. The normalized spacial score (nSPS) is 14.9. The number of H-pyrrole nitrogens is 1. The second-order valence-electron chi connectivity index (χ2n) is 6.95. The van der Waals surface area contributed by atoms with Crippen LogP contribution in [0.4, 0.5) is 5.69 Å². The van der Waals surface area contributed by atoms with Gasteiger partial charge >= 0.3 is 0 Å². The molecule has 1 fully saturated rings. The first-order chi connectivity index (χ1) is 14.1. The third-order valence-corrected chi connectivity index (χ3v) is 5.52. The van der Waals surface area contributed by atoms with E-state index in [0.29, 0.717) is 34.8 Å². The molecular weight excluding hydrogens is 392 g/mol. The quantitative estimate of drug-likeness (QED) is 0.692. The summed E-state index contributed by atoms with van der Waals surface area (Å²) in [6.45, 7) is 4.03. The van der Waals surface area contributed by atoms with Crippen LogP contribution in [-0.2, 0) is 6.54 Å². The number of fused-ring (bicyclic) bond motifs is 1. The molecule has 152 valence electrons. The Bertz CT molecular complexity index is 1080. The maximum absolute atomic E-state index is 12.6. The number of halogens is 1. The van der Waals surface area contributed by atoms with Crippen molar-refractivity contribution < 1.29 is 9.47 Å². The van der Waals surface area contributed by atoms with Crippen LogP contribution in [0.25, 0.3) is 10.9 Å². The summed E-state index contributed by atoms with van der Waals surface area (Å²) in [5, 5.41) is 1.25. The smallest absolute Gasteiger partial charge is 0.258 e. The summed E-state index contributed by atoms with van der Waals surface area (Å²) in [5.41, 5.74) is 1.48. The number of piperazine rings is 1. The Morgan fingerprint density at radius 2 is 1.76 bits per heavy atom. The molecule has 0 amide bonds. The highest BCUT2D eigenvalue weighted by atomic mass is 35.5. The largest absolute Gasteiger partial charge is 0.493 e. The van der Waals surface area contributed by atoms with E-state index in [1.807, 2.05) is 24.3 Å². The third kappa shape index (κ3) is 4.02. The Hall–Kier alpha value is -2.77. The fourth-order valence-corrected chi connectivity index (χ4v) is 3.91. The van der Waals surface area contributed by atoms with Gasteiger partial charge in [-0.1, -0.05) is 23.7 Å². The van der Waals surface area contributed by atoms with Crippen molar-refractivity contribution in [3.05, 3.63) is 57.6 Å². The zero-order valence-corrected chi connectivity index (χ0v) is 17.2. The van der Waals surface area contributed by atoms with Crippen LogP contribution in [0.15, 0.2) is 41.2 Å². The van der Waals surface area contributed by atoms with Gasteiger partial charge in [0.25, 0.3) is 5.56 Å². The summed E-state index contributed by atoms with van der Waals surface area (Å²) >= 11 is 6.32. The molecule has 1 aliphatic rings. The van der Waals surface area contributed by atoms with Gasteiger partial charge in [0.15, 0.2) is 11.5 Å². The first kappa shape index (κ1) is 19.5. The summed E-state index contributed by atoms with van der Waals surface area (Å²) in [4.78, 5) is 24.6. The van der Waals surface area contributed by atoms with Gasteiger partial charge in [-0.25, -0.2) is 4.98 Å². The first-order valence-corrected chi connectivity index (χ1v) is 9.83. The van der Waals surface area contributed by atoms with Gasteiger partial charge in [-0.15, -0.1) is 0 Å². The van der Waals surface area contributed by atoms with E-state index in [2.05, 4.69) is 19.8 Å². The maximum atomic E-state index is 12.6. The molecule has 0 saturated carbocycles. The molecule has 0 atom stereocenters. The van der Waals surface area contributed by atoms with E-state index in [-0.39, 0.29) is 5.56 Å². The van der Waals surface area contributed by atoms with Crippen LogP contribution in [0, 0.1) is 0 Å². The number of rotatable bonds is 5. The molecule has 1 aliphatic heterocycles. The standard InChI is InChI=1S/C21H23ClN4O3/c1-28-18-11-14-16(12-19(18)29-2)23-20(24-21(14)27)13-25-7-9-26(10-8-25)17-6-4-3-5-15(17)22/h3-6,11-12H,7-10,13H2,1-2H3,(H,23,24,27). The lowest BCUT2D eigenvalue weighted by Gasteiger charge is -2.36. The molecule has 7 nitrogen and oxygen atoms in total. The van der Waals surface area contributed by atoms with E-state index in [9.17, 15) is 4.79 Å². The number of benzene rings is 2. The van der Waals surface area contributed by atoms with E-state index < -0.39 is 0 Å². The Kier molecular flexibility index (Phi) is 5.60. The van der Waals surface area contributed by atoms with E-state index in [1.54, 1.807) is 26.4 Å². The SMILES string of the molecule is COc1cc2nc(CN3CCN(c4ccccc4Cl)CC3)[nH]c(=O)c2cc1OC. The molecule has 1 N–H and O–H groups in total. The topological polar surface area (TPSA) is 70.7 Å². The van der Waals surface area contributed by atoms with Crippen LogP contribution in [0.5, 0.6) is 11.5 Å². The van der Waals surface area contributed by atoms with E-state index >= 15 is 0 Å². The van der Waals surface area contributed by atoms with Gasteiger partial charge in [0.2, 0.25) is 0 Å². The molecule has 2 aromatic carbocycles. The Labute approximate surface area is 173 Å². The van der Waals surface area contributed by atoms with Crippen molar-refractivity contribution in [3.8, 4) is 11.5 Å². The van der Waals surface area contributed by atoms with Gasteiger partial charge in [-0.05, 0) is 18.2 Å². The Morgan fingerprint density at radius 1 is 1.07 bits per heavy atom. The fourth-order valence-electron chi connectivity index (χ4n) is 3.66. The number of para-hydroxylation sites is 1. The number of aromatic amines is 1. The van der Waals surface area contributed by atoms with Crippen LogP contribution in [0.2, 0.25) is 5.02 Å². The predicted molar refractivity (Wildman–Crippen MR) is 114 cm³/mol. The first-order valence-electron chi connectivity index (χ1n) is 9.46. The van der Waals surface area contributed by atoms with Crippen molar-refractivity contribution in [1.82, 2.24) is 14.9 Å². The summed E-state index contributed by atoms with van der Waals surface area (Å²) < 4.78 is 10.6. The minimum absolute atomic E-state index is 0.180. The van der Waals surface area contributed by atoms with E-state index in [4.69, 9.17) is 21.1 Å². The minimum Gasteiger partial charge on any atom is -0.493 e. The Balaban J connectivity index is 1.50. The van der Waals surface area contributed by atoms with Crippen molar-refractivity contribution >= 4 is 28.2 Å². The molecule has 0 radical (unpaired) electrons. The second kappa shape index (κ2) is 8.31. The molecule has 8 heteroatoms. The molecule has 0 aliphatic carbocycles. The van der Waals surface area contributed by atoms with Crippen LogP contribution in [0.1, 0.15) is 5.82 Å². The molecular formula is C21H23ClN4O3. The van der Waals surface area contributed by atoms with Crippen molar-refractivity contribution in [2.75, 3.05) is 45.3 Å². The summed E-state index contributed by atoms with van der Waals surface area (Å²) in [5.74, 6) is 1.70. The van der Waals surface area contributed by atoms with Crippen LogP contribution in [0.3, 0.4) is 0 Å².